The van der Waals surface area contributed by atoms with Gasteiger partial charge in [-0.3, -0.25) is 0 Å². The molecular formula is C22H16Cl2N2S. The Morgan fingerprint density at radius 2 is 1.37 bits per heavy atom. The summed E-state index contributed by atoms with van der Waals surface area (Å²) in [6, 6.07) is 25.2. The minimum Gasteiger partial charge on any atom is -0.210 e. The smallest absolute Gasteiger partial charge is 0.191 e. The van der Waals surface area contributed by atoms with Gasteiger partial charge in [-0.2, -0.15) is 0 Å². The van der Waals surface area contributed by atoms with Crippen molar-refractivity contribution < 1.29 is 0 Å². The molecule has 0 aliphatic rings. The van der Waals surface area contributed by atoms with Crippen LogP contribution in [0.1, 0.15) is 21.9 Å². The predicted molar refractivity (Wildman–Crippen MR) is 115 cm³/mol. The lowest BCUT2D eigenvalue weighted by atomic mass is 10.0. The van der Waals surface area contributed by atoms with E-state index >= 15 is 0 Å². The molecule has 0 aliphatic carbocycles. The lowest BCUT2D eigenvalue weighted by Gasteiger charge is -2.18. The van der Waals surface area contributed by atoms with Gasteiger partial charge in [0.15, 0.2) is 5.16 Å². The minimum atomic E-state index is 0.0330. The molecule has 0 amide bonds. The average Bonchev–Trinajstić information content (AvgIpc) is 2.70. The van der Waals surface area contributed by atoms with Crippen molar-refractivity contribution in [2.24, 2.45) is 0 Å². The summed E-state index contributed by atoms with van der Waals surface area (Å²) in [5.41, 5.74) is 3.06. The van der Waals surface area contributed by atoms with E-state index in [1.165, 1.54) is 21.9 Å². The summed E-state index contributed by atoms with van der Waals surface area (Å²) < 4.78 is 0. The summed E-state index contributed by atoms with van der Waals surface area (Å²) >= 11 is 14.0. The summed E-state index contributed by atoms with van der Waals surface area (Å²) in [5.74, 6) is 0. The van der Waals surface area contributed by atoms with Crippen LogP contribution in [0.3, 0.4) is 0 Å². The van der Waals surface area contributed by atoms with Gasteiger partial charge in [-0.25, -0.2) is 9.97 Å². The molecule has 0 N–H and O–H groups in total. The van der Waals surface area contributed by atoms with Gasteiger partial charge in [0.2, 0.25) is 0 Å². The first kappa shape index (κ1) is 18.3. The van der Waals surface area contributed by atoms with Gasteiger partial charge in [0, 0.05) is 5.56 Å². The third-order valence-electron chi connectivity index (χ3n) is 4.41. The largest absolute Gasteiger partial charge is 0.210 e. The molecule has 5 heteroatoms. The molecule has 4 aromatic rings. The lowest BCUT2D eigenvalue weighted by Crippen LogP contribution is -2.00. The molecule has 0 aliphatic heterocycles. The zero-order valence-corrected chi connectivity index (χ0v) is 16.9. The Kier molecular flexibility index (Phi) is 5.35. The van der Waals surface area contributed by atoms with Gasteiger partial charge in [-0.15, -0.1) is 0 Å². The summed E-state index contributed by atoms with van der Waals surface area (Å²) in [6.45, 7) is 1.82. The quantitative estimate of drug-likeness (QED) is 0.203. The van der Waals surface area contributed by atoms with Crippen LogP contribution in [0.2, 0.25) is 10.3 Å². The zero-order valence-electron chi connectivity index (χ0n) is 14.6. The molecule has 4 rings (SSSR count). The minimum absolute atomic E-state index is 0.0330. The fourth-order valence-corrected chi connectivity index (χ4v) is 4.49. The van der Waals surface area contributed by atoms with Crippen molar-refractivity contribution in [2.45, 2.75) is 17.3 Å². The van der Waals surface area contributed by atoms with E-state index in [4.69, 9.17) is 23.2 Å². The molecule has 134 valence electrons. The van der Waals surface area contributed by atoms with E-state index in [1.807, 2.05) is 25.1 Å². The predicted octanol–water partition coefficient (Wildman–Crippen LogP) is 7.13. The number of hydrogen-bond donors (Lipinski definition) is 0. The SMILES string of the molecule is Cc1c(Cl)nc(SC(c2ccccc2)c2ccc3ccccc3c2)nc1Cl. The summed E-state index contributed by atoms with van der Waals surface area (Å²) in [6.07, 6.45) is 0. The number of halogens is 2. The molecule has 0 spiro atoms. The van der Waals surface area contributed by atoms with Gasteiger partial charge >= 0.3 is 0 Å². The maximum absolute atomic E-state index is 6.22. The van der Waals surface area contributed by atoms with E-state index in [2.05, 4.69) is 64.6 Å². The summed E-state index contributed by atoms with van der Waals surface area (Å²) in [7, 11) is 0. The van der Waals surface area contributed by atoms with Gasteiger partial charge in [0.1, 0.15) is 10.3 Å². The molecule has 0 fully saturated rings. The fraction of sp³-hybridized carbons (Fsp3) is 0.0909. The first-order valence-corrected chi connectivity index (χ1v) is 10.2. The Bertz CT molecular complexity index is 1080. The van der Waals surface area contributed by atoms with Gasteiger partial charge in [-0.1, -0.05) is 102 Å². The van der Waals surface area contributed by atoms with Crippen molar-refractivity contribution in [1.82, 2.24) is 9.97 Å². The van der Waals surface area contributed by atoms with Crippen molar-refractivity contribution in [2.75, 3.05) is 0 Å². The first-order valence-electron chi connectivity index (χ1n) is 8.52. The molecule has 3 aromatic carbocycles. The number of nitrogens with zero attached hydrogens (tertiary/aromatic N) is 2. The van der Waals surface area contributed by atoms with Crippen LogP contribution in [0.5, 0.6) is 0 Å². The van der Waals surface area contributed by atoms with Crippen LogP contribution in [0.15, 0.2) is 78.0 Å². The Hall–Kier alpha value is -2.07. The first-order chi connectivity index (χ1) is 13.1. The van der Waals surface area contributed by atoms with E-state index in [0.717, 1.165) is 0 Å². The monoisotopic (exact) mass is 410 g/mol. The highest BCUT2D eigenvalue weighted by Gasteiger charge is 2.19. The normalized spacial score (nSPS) is 12.3. The third kappa shape index (κ3) is 3.96. The second-order valence-electron chi connectivity index (χ2n) is 6.23. The molecule has 0 saturated heterocycles. The molecular weight excluding hydrogens is 395 g/mol. The van der Waals surface area contributed by atoms with Crippen LogP contribution < -0.4 is 0 Å². The van der Waals surface area contributed by atoms with Crippen LogP contribution in [-0.4, -0.2) is 9.97 Å². The van der Waals surface area contributed by atoms with Crippen LogP contribution in [-0.2, 0) is 0 Å². The topological polar surface area (TPSA) is 25.8 Å². The Morgan fingerprint density at radius 3 is 2.07 bits per heavy atom. The summed E-state index contributed by atoms with van der Waals surface area (Å²) in [5, 5.41) is 3.81. The fourth-order valence-electron chi connectivity index (χ4n) is 2.93. The molecule has 0 radical (unpaired) electrons. The molecule has 0 bridgehead atoms. The number of rotatable bonds is 4. The van der Waals surface area contributed by atoms with Gasteiger partial charge < -0.3 is 0 Å². The number of hydrogen-bond acceptors (Lipinski definition) is 3. The molecule has 2 nitrogen and oxygen atoms in total. The van der Waals surface area contributed by atoms with Crippen molar-refractivity contribution in [1.29, 1.82) is 0 Å². The van der Waals surface area contributed by atoms with Crippen molar-refractivity contribution in [3.05, 3.63) is 99.8 Å². The van der Waals surface area contributed by atoms with Crippen LogP contribution in [0, 0.1) is 6.92 Å². The molecule has 1 aromatic heterocycles. The molecule has 1 atom stereocenters. The Balaban J connectivity index is 1.79. The van der Waals surface area contributed by atoms with E-state index in [9.17, 15) is 0 Å². The van der Waals surface area contributed by atoms with Gasteiger partial charge in [0.25, 0.3) is 0 Å². The number of thioether (sulfide) groups is 1. The second kappa shape index (κ2) is 7.89. The van der Waals surface area contributed by atoms with E-state index in [0.29, 0.717) is 21.0 Å². The Morgan fingerprint density at radius 1 is 0.741 bits per heavy atom. The Labute approximate surface area is 172 Å². The molecule has 27 heavy (non-hydrogen) atoms. The highest BCUT2D eigenvalue weighted by Crippen LogP contribution is 2.40. The maximum atomic E-state index is 6.22. The molecule has 1 heterocycles. The van der Waals surface area contributed by atoms with Crippen LogP contribution >= 0.6 is 35.0 Å². The van der Waals surface area contributed by atoms with Gasteiger partial charge in [0.05, 0.1) is 5.25 Å². The number of fused-ring (bicyclic) bond motifs is 1. The number of aromatic nitrogens is 2. The zero-order chi connectivity index (χ0) is 18.8. The summed E-state index contributed by atoms with van der Waals surface area (Å²) in [4.78, 5) is 8.84. The highest BCUT2D eigenvalue weighted by molar-refractivity contribution is 7.99. The lowest BCUT2D eigenvalue weighted by molar-refractivity contribution is 0.944. The van der Waals surface area contributed by atoms with E-state index < -0.39 is 0 Å². The molecule has 0 saturated carbocycles. The molecule has 1 unspecified atom stereocenters. The van der Waals surface area contributed by atoms with Crippen molar-refractivity contribution in [3.63, 3.8) is 0 Å². The second-order valence-corrected chi connectivity index (χ2v) is 8.02. The van der Waals surface area contributed by atoms with Crippen molar-refractivity contribution >= 4 is 45.7 Å². The van der Waals surface area contributed by atoms with Crippen LogP contribution in [0.25, 0.3) is 10.8 Å². The van der Waals surface area contributed by atoms with E-state index in [1.54, 1.807) is 11.8 Å². The maximum Gasteiger partial charge on any atom is 0.191 e. The van der Waals surface area contributed by atoms with Gasteiger partial charge in [-0.05, 0) is 34.9 Å². The van der Waals surface area contributed by atoms with Crippen molar-refractivity contribution in [3.8, 4) is 0 Å². The standard InChI is InChI=1S/C22H16Cl2N2S/c1-14-20(23)25-22(26-21(14)24)27-19(16-8-3-2-4-9-16)18-12-11-15-7-5-6-10-17(15)13-18/h2-13,19H,1H3. The highest BCUT2D eigenvalue weighted by atomic mass is 35.5. The third-order valence-corrected chi connectivity index (χ3v) is 6.32. The number of benzene rings is 3. The van der Waals surface area contributed by atoms with E-state index in [-0.39, 0.29) is 5.25 Å². The average molecular weight is 411 g/mol. The van der Waals surface area contributed by atoms with Crippen LogP contribution in [0.4, 0.5) is 0 Å².